The second-order valence-electron chi connectivity index (χ2n) is 4.11. The molecule has 0 amide bonds. The van der Waals surface area contributed by atoms with Crippen LogP contribution in [0.4, 0.5) is 0 Å². The van der Waals surface area contributed by atoms with Crippen molar-refractivity contribution in [1.82, 2.24) is 4.90 Å². The fourth-order valence-electron chi connectivity index (χ4n) is 1.89. The molecule has 1 fully saturated rings. The van der Waals surface area contributed by atoms with E-state index in [0.717, 1.165) is 19.0 Å². The molecule has 0 bridgehead atoms. The van der Waals surface area contributed by atoms with Crippen molar-refractivity contribution < 1.29 is 5.21 Å². The van der Waals surface area contributed by atoms with Crippen LogP contribution in [0.25, 0.3) is 0 Å². The van der Waals surface area contributed by atoms with Crippen molar-refractivity contribution in [1.29, 1.82) is 0 Å². The summed E-state index contributed by atoms with van der Waals surface area (Å²) < 4.78 is 0. The molecule has 1 rings (SSSR count). The van der Waals surface area contributed by atoms with E-state index < -0.39 is 0 Å². The predicted molar refractivity (Wildman–Crippen MR) is 57.5 cm³/mol. The van der Waals surface area contributed by atoms with Crippen LogP contribution in [0.2, 0.25) is 0 Å². The molecule has 1 aliphatic rings. The highest BCUT2D eigenvalue weighted by Crippen LogP contribution is 2.29. The predicted octanol–water partition coefficient (Wildman–Crippen LogP) is 1.39. The van der Waals surface area contributed by atoms with Gasteiger partial charge >= 0.3 is 0 Å². The molecule has 0 heterocycles. The van der Waals surface area contributed by atoms with E-state index in [1.165, 1.54) is 12.8 Å². The third-order valence-corrected chi connectivity index (χ3v) is 2.70. The van der Waals surface area contributed by atoms with Crippen LogP contribution in [-0.4, -0.2) is 34.6 Å². The molecule has 0 aliphatic heterocycles. The second kappa shape index (κ2) is 5.20. The van der Waals surface area contributed by atoms with Gasteiger partial charge in [-0.3, -0.25) is 4.90 Å². The zero-order valence-corrected chi connectivity index (χ0v) is 9.11. The third kappa shape index (κ3) is 3.18. The van der Waals surface area contributed by atoms with Crippen molar-refractivity contribution in [2.75, 3.05) is 6.54 Å². The Kier molecular flexibility index (Phi) is 4.20. The van der Waals surface area contributed by atoms with Gasteiger partial charge in [0.1, 0.15) is 5.84 Å². The fourth-order valence-corrected chi connectivity index (χ4v) is 1.89. The Labute approximate surface area is 85.8 Å². The van der Waals surface area contributed by atoms with Gasteiger partial charge in [0.05, 0.1) is 0 Å². The van der Waals surface area contributed by atoms with Crippen LogP contribution in [0.1, 0.15) is 39.5 Å². The maximum Gasteiger partial charge on any atom is 0.140 e. The van der Waals surface area contributed by atoms with E-state index in [1.54, 1.807) is 0 Å². The Balaban J connectivity index is 2.41. The number of amidine groups is 1. The monoisotopic (exact) mass is 199 g/mol. The molecule has 0 aromatic heterocycles. The largest absolute Gasteiger partial charge is 0.409 e. The van der Waals surface area contributed by atoms with Crippen molar-refractivity contribution in [3.05, 3.63) is 0 Å². The van der Waals surface area contributed by atoms with Gasteiger partial charge in [0.25, 0.3) is 0 Å². The third-order valence-electron chi connectivity index (χ3n) is 2.70. The SMILES string of the molecule is CCCN(C(C)CC(N)=NO)C1CC1. The summed E-state index contributed by atoms with van der Waals surface area (Å²) in [7, 11) is 0. The highest BCUT2D eigenvalue weighted by Gasteiger charge is 2.31. The van der Waals surface area contributed by atoms with Crippen LogP contribution in [0.15, 0.2) is 5.16 Å². The van der Waals surface area contributed by atoms with Crippen LogP contribution in [0, 0.1) is 0 Å². The van der Waals surface area contributed by atoms with Crippen LogP contribution < -0.4 is 5.73 Å². The lowest BCUT2D eigenvalue weighted by Crippen LogP contribution is -2.38. The minimum absolute atomic E-state index is 0.333. The lowest BCUT2D eigenvalue weighted by molar-refractivity contribution is 0.201. The molecule has 0 aromatic rings. The van der Waals surface area contributed by atoms with Crippen molar-refractivity contribution in [3.8, 4) is 0 Å². The Morgan fingerprint density at radius 1 is 1.64 bits per heavy atom. The van der Waals surface area contributed by atoms with E-state index in [4.69, 9.17) is 10.9 Å². The van der Waals surface area contributed by atoms with Gasteiger partial charge in [-0.05, 0) is 32.7 Å². The van der Waals surface area contributed by atoms with E-state index in [1.807, 2.05) is 0 Å². The molecule has 4 heteroatoms. The van der Waals surface area contributed by atoms with Crippen molar-refractivity contribution in [2.24, 2.45) is 10.9 Å². The van der Waals surface area contributed by atoms with E-state index in [0.29, 0.717) is 18.3 Å². The second-order valence-corrected chi connectivity index (χ2v) is 4.11. The zero-order chi connectivity index (χ0) is 10.6. The Morgan fingerprint density at radius 3 is 2.71 bits per heavy atom. The molecule has 14 heavy (non-hydrogen) atoms. The zero-order valence-electron chi connectivity index (χ0n) is 9.11. The first-order valence-corrected chi connectivity index (χ1v) is 5.41. The maximum atomic E-state index is 8.49. The summed E-state index contributed by atoms with van der Waals surface area (Å²) in [6, 6.07) is 1.13. The summed E-state index contributed by atoms with van der Waals surface area (Å²) in [6.45, 7) is 5.45. The molecule has 0 spiro atoms. The number of nitrogens with zero attached hydrogens (tertiary/aromatic N) is 2. The summed E-state index contributed by atoms with van der Waals surface area (Å²) in [6.07, 6.45) is 4.44. The topological polar surface area (TPSA) is 61.8 Å². The lowest BCUT2D eigenvalue weighted by Gasteiger charge is -2.28. The van der Waals surface area contributed by atoms with Crippen LogP contribution in [0.3, 0.4) is 0 Å². The van der Waals surface area contributed by atoms with E-state index in [2.05, 4.69) is 23.9 Å². The number of hydrogen-bond acceptors (Lipinski definition) is 3. The smallest absolute Gasteiger partial charge is 0.140 e. The van der Waals surface area contributed by atoms with E-state index in [-0.39, 0.29) is 0 Å². The molecule has 1 unspecified atom stereocenters. The summed E-state index contributed by atoms with van der Waals surface area (Å²) in [5, 5.41) is 11.5. The molecule has 1 aliphatic carbocycles. The first kappa shape index (κ1) is 11.3. The quantitative estimate of drug-likeness (QED) is 0.294. The molecule has 82 valence electrons. The minimum atomic E-state index is 0.333. The number of oxime groups is 1. The number of nitrogens with two attached hydrogens (primary N) is 1. The summed E-state index contributed by atoms with van der Waals surface area (Å²) >= 11 is 0. The molecule has 0 saturated heterocycles. The molecular weight excluding hydrogens is 178 g/mol. The van der Waals surface area contributed by atoms with Gasteiger partial charge in [-0.1, -0.05) is 12.1 Å². The molecule has 1 saturated carbocycles. The van der Waals surface area contributed by atoms with Gasteiger partial charge in [0.2, 0.25) is 0 Å². The average molecular weight is 199 g/mol. The molecular formula is C10H21N3O. The first-order valence-electron chi connectivity index (χ1n) is 5.41. The standard InChI is InChI=1S/C10H21N3O/c1-3-6-13(9-4-5-9)8(2)7-10(11)12-14/h8-9,14H,3-7H2,1-2H3,(H2,11,12). The minimum Gasteiger partial charge on any atom is -0.409 e. The maximum absolute atomic E-state index is 8.49. The van der Waals surface area contributed by atoms with Crippen molar-refractivity contribution in [3.63, 3.8) is 0 Å². The van der Waals surface area contributed by atoms with Gasteiger partial charge in [-0.15, -0.1) is 0 Å². The molecule has 3 N–H and O–H groups in total. The van der Waals surface area contributed by atoms with E-state index in [9.17, 15) is 0 Å². The molecule has 0 aromatic carbocycles. The summed E-state index contributed by atoms with van der Waals surface area (Å²) in [5.41, 5.74) is 5.50. The number of rotatable bonds is 6. The Morgan fingerprint density at radius 2 is 2.29 bits per heavy atom. The van der Waals surface area contributed by atoms with Gasteiger partial charge in [-0.2, -0.15) is 0 Å². The van der Waals surface area contributed by atoms with Crippen molar-refractivity contribution >= 4 is 5.84 Å². The Bertz CT molecular complexity index is 202. The van der Waals surface area contributed by atoms with Crippen LogP contribution >= 0.6 is 0 Å². The van der Waals surface area contributed by atoms with Crippen LogP contribution in [0.5, 0.6) is 0 Å². The molecule has 0 radical (unpaired) electrons. The Hall–Kier alpha value is -0.770. The normalized spacial score (nSPS) is 20.1. The van der Waals surface area contributed by atoms with E-state index >= 15 is 0 Å². The first-order chi connectivity index (χ1) is 6.69. The lowest BCUT2D eigenvalue weighted by atomic mass is 10.2. The summed E-state index contributed by atoms with van der Waals surface area (Å²) in [4.78, 5) is 2.47. The highest BCUT2D eigenvalue weighted by molar-refractivity contribution is 5.80. The van der Waals surface area contributed by atoms with Crippen molar-refractivity contribution in [2.45, 2.75) is 51.6 Å². The number of hydrogen-bond donors (Lipinski definition) is 2. The van der Waals surface area contributed by atoms with Gasteiger partial charge < -0.3 is 10.9 Å². The molecule has 4 nitrogen and oxygen atoms in total. The van der Waals surface area contributed by atoms with Gasteiger partial charge in [0.15, 0.2) is 0 Å². The van der Waals surface area contributed by atoms with Gasteiger partial charge in [0, 0.05) is 18.5 Å². The van der Waals surface area contributed by atoms with Gasteiger partial charge in [-0.25, -0.2) is 0 Å². The highest BCUT2D eigenvalue weighted by atomic mass is 16.4. The average Bonchev–Trinajstić information content (AvgIpc) is 2.97. The van der Waals surface area contributed by atoms with Crippen LogP contribution in [-0.2, 0) is 0 Å². The summed E-state index contributed by atoms with van der Waals surface area (Å²) in [5.74, 6) is 0.333. The fraction of sp³-hybridized carbons (Fsp3) is 0.900. The molecule has 1 atom stereocenters.